The molecule has 130 valence electrons. The highest BCUT2D eigenvalue weighted by molar-refractivity contribution is 7.92. The number of sulfonamides is 1. The highest BCUT2D eigenvalue weighted by atomic mass is 32.2. The maximum atomic E-state index is 12.7. The molecule has 6 heteroatoms. The normalized spacial score (nSPS) is 28.2. The largest absolute Gasteiger partial charge is 0.497 e. The van der Waals surface area contributed by atoms with Crippen molar-refractivity contribution in [2.45, 2.75) is 26.7 Å². The number of Topliss-reactive ketones (excluding diaryl/α,β-unsaturated/α-hetero) is 1. The summed E-state index contributed by atoms with van der Waals surface area (Å²) in [5, 5.41) is 0. The van der Waals surface area contributed by atoms with Crippen molar-refractivity contribution in [1.82, 2.24) is 0 Å². The van der Waals surface area contributed by atoms with Crippen molar-refractivity contribution in [3.63, 3.8) is 0 Å². The molecule has 0 heterocycles. The Balaban J connectivity index is 1.86. The molecule has 0 spiro atoms. The third-order valence-electron chi connectivity index (χ3n) is 5.91. The van der Waals surface area contributed by atoms with Crippen LogP contribution in [-0.2, 0) is 14.8 Å². The first kappa shape index (κ1) is 17.0. The molecule has 2 fully saturated rings. The van der Waals surface area contributed by atoms with E-state index in [4.69, 9.17) is 4.74 Å². The lowest BCUT2D eigenvalue weighted by molar-refractivity contribution is -0.125. The first-order valence-corrected chi connectivity index (χ1v) is 9.66. The van der Waals surface area contributed by atoms with Crippen LogP contribution in [0.1, 0.15) is 26.7 Å². The molecule has 1 aromatic rings. The van der Waals surface area contributed by atoms with Crippen molar-refractivity contribution < 1.29 is 17.9 Å². The van der Waals surface area contributed by atoms with Gasteiger partial charge in [0.2, 0.25) is 10.0 Å². The first-order chi connectivity index (χ1) is 11.1. The van der Waals surface area contributed by atoms with Crippen LogP contribution in [0.25, 0.3) is 0 Å². The molecule has 5 nitrogen and oxygen atoms in total. The monoisotopic (exact) mass is 349 g/mol. The lowest BCUT2D eigenvalue weighted by Crippen LogP contribution is -2.43. The minimum Gasteiger partial charge on any atom is -0.497 e. The van der Waals surface area contributed by atoms with Gasteiger partial charge in [-0.1, -0.05) is 20.4 Å². The fraction of sp³-hybridized carbons (Fsp3) is 0.500. The number of methoxy groups -OCH3 is 1. The average molecular weight is 349 g/mol. The minimum absolute atomic E-state index is 0.0798. The Kier molecular flexibility index (Phi) is 3.79. The van der Waals surface area contributed by atoms with E-state index in [1.54, 1.807) is 31.4 Å². The number of allylic oxidation sites excluding steroid dienone is 1. The van der Waals surface area contributed by atoms with E-state index in [1.807, 2.05) is 13.8 Å². The molecule has 2 aliphatic carbocycles. The molecule has 0 amide bonds. The van der Waals surface area contributed by atoms with Gasteiger partial charge in [0.25, 0.3) is 0 Å². The summed E-state index contributed by atoms with van der Waals surface area (Å²) in [7, 11) is -2.11. The summed E-state index contributed by atoms with van der Waals surface area (Å²) in [6.45, 7) is 7.89. The smallest absolute Gasteiger partial charge is 0.233 e. The van der Waals surface area contributed by atoms with Gasteiger partial charge >= 0.3 is 0 Å². The second-order valence-electron chi connectivity index (χ2n) is 7.34. The molecule has 1 N–H and O–H groups in total. The van der Waals surface area contributed by atoms with Gasteiger partial charge in [-0.3, -0.25) is 9.52 Å². The van der Waals surface area contributed by atoms with E-state index < -0.39 is 15.4 Å². The summed E-state index contributed by atoms with van der Waals surface area (Å²) in [4.78, 5) is 12.7. The van der Waals surface area contributed by atoms with Crippen LogP contribution in [0.3, 0.4) is 0 Å². The predicted molar refractivity (Wildman–Crippen MR) is 93.5 cm³/mol. The third kappa shape index (κ3) is 2.35. The summed E-state index contributed by atoms with van der Waals surface area (Å²) in [5.41, 5.74) is -0.196. The van der Waals surface area contributed by atoms with Crippen LogP contribution in [0.2, 0.25) is 0 Å². The van der Waals surface area contributed by atoms with Crippen molar-refractivity contribution in [2.24, 2.45) is 16.7 Å². The van der Waals surface area contributed by atoms with Crippen LogP contribution >= 0.6 is 0 Å². The highest BCUT2D eigenvalue weighted by Gasteiger charge is 2.67. The molecule has 3 rings (SSSR count). The summed E-state index contributed by atoms with van der Waals surface area (Å²) in [6, 6.07) is 6.67. The van der Waals surface area contributed by atoms with Crippen LogP contribution in [0, 0.1) is 16.7 Å². The van der Waals surface area contributed by atoms with Crippen LogP contribution in [0.4, 0.5) is 5.69 Å². The molecule has 2 atom stereocenters. The maximum Gasteiger partial charge on any atom is 0.233 e. The molecule has 2 aliphatic rings. The van der Waals surface area contributed by atoms with Gasteiger partial charge in [-0.2, -0.15) is 0 Å². The fourth-order valence-corrected chi connectivity index (χ4v) is 6.28. The van der Waals surface area contributed by atoms with Crippen molar-refractivity contribution in [3.05, 3.63) is 36.4 Å². The van der Waals surface area contributed by atoms with Crippen molar-refractivity contribution >= 4 is 21.5 Å². The molecule has 1 aromatic carbocycles. The second kappa shape index (κ2) is 5.34. The molecule has 24 heavy (non-hydrogen) atoms. The maximum absolute atomic E-state index is 12.7. The van der Waals surface area contributed by atoms with Gasteiger partial charge in [0.1, 0.15) is 5.75 Å². The Bertz CT molecular complexity index is 795. The van der Waals surface area contributed by atoms with Gasteiger partial charge in [-0.05, 0) is 54.0 Å². The van der Waals surface area contributed by atoms with E-state index in [9.17, 15) is 13.2 Å². The van der Waals surface area contributed by atoms with E-state index in [0.717, 1.165) is 6.42 Å². The Morgan fingerprint density at radius 1 is 1.29 bits per heavy atom. The van der Waals surface area contributed by atoms with E-state index in [2.05, 4.69) is 11.3 Å². The number of ether oxygens (including phenoxy) is 1. The standard InChI is InChI=1S/C18H23NO4S/c1-12-15-9-10-18(16(12)20,17(15,2)3)11-24(21,22)19-13-5-7-14(23-4)8-6-13/h5-8,15,19H,1,9-11H2,2-4H3. The van der Waals surface area contributed by atoms with Gasteiger partial charge in [-0.25, -0.2) is 8.42 Å². The SMILES string of the molecule is C=C1C(=O)C2(CS(=O)(=O)Nc3ccc(OC)cc3)CCC1C2(C)C. The highest BCUT2D eigenvalue weighted by Crippen LogP contribution is 2.65. The predicted octanol–water partition coefficient (Wildman–Crippen LogP) is 3.00. The van der Waals surface area contributed by atoms with E-state index >= 15 is 0 Å². The number of carbonyl (C=O) groups is 1. The number of anilines is 1. The topological polar surface area (TPSA) is 72.5 Å². The van der Waals surface area contributed by atoms with Gasteiger partial charge < -0.3 is 4.74 Å². The lowest BCUT2D eigenvalue weighted by atomic mass is 9.70. The molecule has 0 aliphatic heterocycles. The molecule has 2 saturated carbocycles. The number of carbonyl (C=O) groups excluding carboxylic acids is 1. The number of hydrogen-bond donors (Lipinski definition) is 1. The van der Waals surface area contributed by atoms with Gasteiger partial charge in [0, 0.05) is 5.69 Å². The lowest BCUT2D eigenvalue weighted by Gasteiger charge is -2.35. The zero-order valence-electron chi connectivity index (χ0n) is 14.3. The molecule has 0 saturated heterocycles. The number of benzene rings is 1. The third-order valence-corrected chi connectivity index (χ3v) is 7.33. The van der Waals surface area contributed by atoms with Crippen molar-refractivity contribution in [1.29, 1.82) is 0 Å². The number of rotatable bonds is 5. The number of hydrogen-bond acceptors (Lipinski definition) is 4. The van der Waals surface area contributed by atoms with Crippen molar-refractivity contribution in [3.8, 4) is 5.75 Å². The van der Waals surface area contributed by atoms with E-state index in [0.29, 0.717) is 23.4 Å². The van der Waals surface area contributed by atoms with Gasteiger partial charge in [0.15, 0.2) is 5.78 Å². The zero-order valence-corrected chi connectivity index (χ0v) is 15.1. The number of ketones is 1. The average Bonchev–Trinajstić information content (AvgIpc) is 2.83. The van der Waals surface area contributed by atoms with E-state index in [1.165, 1.54) is 0 Å². The summed E-state index contributed by atoms with van der Waals surface area (Å²) in [6.07, 6.45) is 1.43. The van der Waals surface area contributed by atoms with Gasteiger partial charge in [-0.15, -0.1) is 0 Å². The Morgan fingerprint density at radius 2 is 1.92 bits per heavy atom. The van der Waals surface area contributed by atoms with Gasteiger partial charge in [0.05, 0.1) is 18.3 Å². The fourth-order valence-electron chi connectivity index (χ4n) is 4.41. The Labute approximate surface area is 143 Å². The summed E-state index contributed by atoms with van der Waals surface area (Å²) >= 11 is 0. The van der Waals surface area contributed by atoms with Crippen molar-refractivity contribution in [2.75, 3.05) is 17.6 Å². The summed E-state index contributed by atoms with van der Waals surface area (Å²) < 4.78 is 33.1. The minimum atomic E-state index is -3.66. The van der Waals surface area contributed by atoms with Crippen LogP contribution in [-0.4, -0.2) is 27.1 Å². The molecule has 0 radical (unpaired) electrons. The second-order valence-corrected chi connectivity index (χ2v) is 9.06. The Hall–Kier alpha value is -1.82. The first-order valence-electron chi connectivity index (χ1n) is 8.01. The summed E-state index contributed by atoms with van der Waals surface area (Å²) in [5.74, 6) is 0.455. The molecule has 2 bridgehead atoms. The number of nitrogens with one attached hydrogen (secondary N) is 1. The molecule has 2 unspecified atom stereocenters. The van der Waals surface area contributed by atoms with Crippen LogP contribution in [0.5, 0.6) is 5.75 Å². The zero-order chi connectivity index (χ0) is 17.8. The molecular weight excluding hydrogens is 326 g/mol. The quantitative estimate of drug-likeness (QED) is 0.830. The molecular formula is C18H23NO4S. The Morgan fingerprint density at radius 3 is 2.42 bits per heavy atom. The number of fused-ring (bicyclic) bond motifs is 2. The molecule has 0 aromatic heterocycles. The van der Waals surface area contributed by atoms with E-state index in [-0.39, 0.29) is 22.9 Å². The van der Waals surface area contributed by atoms with Crippen LogP contribution in [0.15, 0.2) is 36.4 Å². The van der Waals surface area contributed by atoms with Crippen LogP contribution < -0.4 is 9.46 Å².